The zero-order valence-corrected chi connectivity index (χ0v) is 12.5. The van der Waals surface area contributed by atoms with Crippen molar-refractivity contribution in [2.45, 2.75) is 26.4 Å². The van der Waals surface area contributed by atoms with E-state index in [2.05, 4.69) is 5.32 Å². The normalized spacial score (nSPS) is 13.8. The van der Waals surface area contributed by atoms with Crippen molar-refractivity contribution in [3.05, 3.63) is 45.8 Å². The highest BCUT2D eigenvalue weighted by Crippen LogP contribution is 2.20. The lowest BCUT2D eigenvalue weighted by atomic mass is 10.0. The quantitative estimate of drug-likeness (QED) is 0.459. The van der Waals surface area contributed by atoms with Gasteiger partial charge in [-0.3, -0.25) is 14.9 Å². The second-order valence-corrected chi connectivity index (χ2v) is 5.23. The van der Waals surface area contributed by atoms with E-state index in [4.69, 9.17) is 0 Å². The molecule has 0 aromatic heterocycles. The Kier molecular flexibility index (Phi) is 6.65. The van der Waals surface area contributed by atoms with Gasteiger partial charge in [0.05, 0.1) is 22.7 Å². The number of aliphatic hydroxyl groups is 1. The minimum atomic E-state index is -0.708. The van der Waals surface area contributed by atoms with E-state index in [0.717, 1.165) is 18.2 Å². The molecule has 0 aliphatic rings. The van der Waals surface area contributed by atoms with Crippen LogP contribution in [0.3, 0.4) is 0 Å². The number of hydrogen-bond donors (Lipinski definition) is 2. The molecule has 6 nitrogen and oxygen atoms in total. The molecule has 1 rings (SSSR count). The minimum Gasteiger partial charge on any atom is -0.393 e. The van der Waals surface area contributed by atoms with Gasteiger partial charge in [0.25, 0.3) is 5.69 Å². The van der Waals surface area contributed by atoms with Gasteiger partial charge >= 0.3 is 0 Å². The van der Waals surface area contributed by atoms with Crippen LogP contribution in [0.15, 0.2) is 24.3 Å². The van der Waals surface area contributed by atoms with Crippen molar-refractivity contribution in [3.63, 3.8) is 0 Å². The number of nitro groups is 1. The van der Waals surface area contributed by atoms with Crippen LogP contribution in [0, 0.1) is 21.8 Å². The van der Waals surface area contributed by atoms with Crippen molar-refractivity contribution in [1.29, 1.82) is 0 Å². The van der Waals surface area contributed by atoms with E-state index in [0.29, 0.717) is 13.0 Å². The maximum absolute atomic E-state index is 13.0. The van der Waals surface area contributed by atoms with Crippen LogP contribution in [-0.2, 0) is 4.79 Å². The number of carbonyl (C=O) groups excluding carboxylic acids is 1. The predicted octanol–water partition coefficient (Wildman–Crippen LogP) is 2.27. The molecule has 0 bridgehead atoms. The van der Waals surface area contributed by atoms with E-state index in [-0.39, 0.29) is 11.5 Å². The Morgan fingerprint density at radius 2 is 2.18 bits per heavy atom. The number of nitrogens with zero attached hydrogens (tertiary/aromatic N) is 1. The molecule has 0 saturated carbocycles. The fourth-order valence-electron chi connectivity index (χ4n) is 1.98. The van der Waals surface area contributed by atoms with Gasteiger partial charge in [-0.2, -0.15) is 0 Å². The van der Waals surface area contributed by atoms with Crippen LogP contribution in [0.5, 0.6) is 0 Å². The molecular weight excluding hydrogens is 291 g/mol. The third kappa shape index (κ3) is 6.01. The van der Waals surface area contributed by atoms with Crippen LogP contribution < -0.4 is 5.32 Å². The number of nitrogens with one attached hydrogen (secondary N) is 1. The van der Waals surface area contributed by atoms with Crippen molar-refractivity contribution < 1.29 is 19.2 Å². The molecule has 0 fully saturated rings. The van der Waals surface area contributed by atoms with Crippen LogP contribution in [0.1, 0.15) is 25.8 Å². The lowest BCUT2D eigenvalue weighted by Gasteiger charge is -2.13. The Morgan fingerprint density at radius 3 is 2.77 bits per heavy atom. The summed E-state index contributed by atoms with van der Waals surface area (Å²) in [6, 6.07) is 3.14. The fraction of sp³-hybridized carbons (Fsp3) is 0.400. The predicted molar refractivity (Wildman–Crippen MR) is 80.6 cm³/mol. The molecule has 0 aliphatic heterocycles. The number of nitro benzene ring substituents is 1. The standard InChI is InChI=1S/C15H19FN2O4/c1-10(7-11(2)19)9-17-15(20)6-4-12-3-5-13(16)8-14(12)18(21)22/h3-6,8,10-11,19H,7,9H2,1-2H3,(H,17,20). The van der Waals surface area contributed by atoms with Crippen LogP contribution >= 0.6 is 0 Å². The Hall–Kier alpha value is -2.28. The van der Waals surface area contributed by atoms with Crippen molar-refractivity contribution >= 4 is 17.7 Å². The van der Waals surface area contributed by atoms with E-state index in [9.17, 15) is 24.4 Å². The monoisotopic (exact) mass is 310 g/mol. The van der Waals surface area contributed by atoms with Gasteiger partial charge in [0.2, 0.25) is 5.91 Å². The Balaban J connectivity index is 2.65. The van der Waals surface area contributed by atoms with E-state index in [1.54, 1.807) is 6.92 Å². The lowest BCUT2D eigenvalue weighted by Crippen LogP contribution is -2.28. The molecule has 0 aliphatic carbocycles. The van der Waals surface area contributed by atoms with Crippen molar-refractivity contribution in [3.8, 4) is 0 Å². The van der Waals surface area contributed by atoms with Gasteiger partial charge in [-0.25, -0.2) is 4.39 Å². The SMILES string of the molecule is CC(O)CC(C)CNC(=O)C=Cc1ccc(F)cc1[N+](=O)[O-]. The summed E-state index contributed by atoms with van der Waals surface area (Å²) in [5.74, 6) is -1.01. The van der Waals surface area contributed by atoms with E-state index >= 15 is 0 Å². The number of rotatable bonds is 7. The molecule has 2 N–H and O–H groups in total. The summed E-state index contributed by atoms with van der Waals surface area (Å²) in [4.78, 5) is 21.8. The van der Waals surface area contributed by atoms with Gasteiger partial charge < -0.3 is 10.4 Å². The van der Waals surface area contributed by atoms with Gasteiger partial charge in [-0.15, -0.1) is 0 Å². The van der Waals surface area contributed by atoms with Crippen LogP contribution in [0.4, 0.5) is 10.1 Å². The smallest absolute Gasteiger partial charge is 0.279 e. The van der Waals surface area contributed by atoms with Crippen LogP contribution in [-0.4, -0.2) is 28.6 Å². The first-order chi connectivity index (χ1) is 10.3. The first-order valence-corrected chi connectivity index (χ1v) is 6.87. The van der Waals surface area contributed by atoms with Gasteiger partial charge in [0.15, 0.2) is 0 Å². The highest BCUT2D eigenvalue weighted by Gasteiger charge is 2.13. The molecule has 2 unspecified atom stereocenters. The van der Waals surface area contributed by atoms with Crippen molar-refractivity contribution in [2.75, 3.05) is 6.54 Å². The number of halogens is 1. The molecule has 0 spiro atoms. The summed E-state index contributed by atoms with van der Waals surface area (Å²) in [5, 5.41) is 22.7. The second-order valence-electron chi connectivity index (χ2n) is 5.23. The largest absolute Gasteiger partial charge is 0.393 e. The van der Waals surface area contributed by atoms with E-state index in [1.807, 2.05) is 6.92 Å². The fourth-order valence-corrected chi connectivity index (χ4v) is 1.98. The first kappa shape index (κ1) is 17.8. The zero-order chi connectivity index (χ0) is 16.7. The number of hydrogen-bond acceptors (Lipinski definition) is 4. The molecule has 7 heteroatoms. The Labute approximate surface area is 127 Å². The van der Waals surface area contributed by atoms with E-state index in [1.165, 1.54) is 12.1 Å². The lowest BCUT2D eigenvalue weighted by molar-refractivity contribution is -0.385. The summed E-state index contributed by atoms with van der Waals surface area (Å²) in [6.07, 6.45) is 2.55. The highest BCUT2D eigenvalue weighted by molar-refractivity contribution is 5.92. The summed E-state index contributed by atoms with van der Waals surface area (Å²) < 4.78 is 13.0. The maximum atomic E-state index is 13.0. The highest BCUT2D eigenvalue weighted by atomic mass is 19.1. The summed E-state index contributed by atoms with van der Waals surface area (Å²) >= 11 is 0. The molecule has 0 radical (unpaired) electrons. The average molecular weight is 310 g/mol. The third-order valence-electron chi connectivity index (χ3n) is 2.97. The van der Waals surface area contributed by atoms with Crippen molar-refractivity contribution in [1.82, 2.24) is 5.32 Å². The molecule has 1 aromatic carbocycles. The number of benzene rings is 1. The summed E-state index contributed by atoms with van der Waals surface area (Å²) in [7, 11) is 0. The van der Waals surface area contributed by atoms with Gasteiger partial charge in [-0.05, 0) is 37.5 Å². The summed E-state index contributed by atoms with van der Waals surface area (Å²) in [6.45, 7) is 3.95. The molecule has 0 heterocycles. The molecule has 1 amide bonds. The van der Waals surface area contributed by atoms with Crippen molar-refractivity contribution in [2.24, 2.45) is 5.92 Å². The second kappa shape index (κ2) is 8.23. The number of aliphatic hydroxyl groups excluding tert-OH is 1. The first-order valence-electron chi connectivity index (χ1n) is 6.87. The third-order valence-corrected chi connectivity index (χ3v) is 2.97. The van der Waals surface area contributed by atoms with Gasteiger partial charge in [0, 0.05) is 12.6 Å². The topological polar surface area (TPSA) is 92.5 Å². The number of amides is 1. The summed E-state index contributed by atoms with van der Waals surface area (Å²) in [5.41, 5.74) is -0.245. The van der Waals surface area contributed by atoms with Crippen LogP contribution in [0.25, 0.3) is 6.08 Å². The minimum absolute atomic E-state index is 0.109. The zero-order valence-electron chi connectivity index (χ0n) is 12.5. The molecule has 2 atom stereocenters. The molecule has 120 valence electrons. The molecule has 0 saturated heterocycles. The van der Waals surface area contributed by atoms with E-state index < -0.39 is 28.4 Å². The Morgan fingerprint density at radius 1 is 1.50 bits per heavy atom. The molecular formula is C15H19FN2O4. The maximum Gasteiger partial charge on any atom is 0.279 e. The average Bonchev–Trinajstić information content (AvgIpc) is 2.42. The van der Waals surface area contributed by atoms with Crippen LogP contribution in [0.2, 0.25) is 0 Å². The van der Waals surface area contributed by atoms with Gasteiger partial charge in [-0.1, -0.05) is 6.92 Å². The molecule has 1 aromatic rings. The Bertz CT molecular complexity index is 573. The number of carbonyl (C=O) groups is 1. The molecule has 22 heavy (non-hydrogen) atoms. The van der Waals surface area contributed by atoms with Gasteiger partial charge in [0.1, 0.15) is 5.82 Å².